The molecule has 0 aromatic rings. The molecule has 1 spiro atoms. The van der Waals surface area contributed by atoms with Gasteiger partial charge in [-0.1, -0.05) is 19.1 Å². The molecule has 2 aliphatic carbocycles. The monoisotopic (exact) mass is 580 g/mol. The fraction of sp³-hybridized carbons (Fsp3) is 0.679. The normalized spacial score (nSPS) is 45.9. The molecule has 2 unspecified atom stereocenters. The molecule has 2 aliphatic heterocycles. The topological polar surface area (TPSA) is 184 Å². The lowest BCUT2D eigenvalue weighted by Gasteiger charge is -2.55. The van der Waals surface area contributed by atoms with E-state index in [1.165, 1.54) is 39.0 Å². The summed E-state index contributed by atoms with van der Waals surface area (Å²) in [5, 5.41) is 22.9. The summed E-state index contributed by atoms with van der Waals surface area (Å²) in [4.78, 5) is 63.0. The number of fused-ring (bicyclic) bond motifs is 1. The summed E-state index contributed by atoms with van der Waals surface area (Å²) >= 11 is 0. The van der Waals surface area contributed by atoms with E-state index in [4.69, 9.17) is 28.4 Å². The van der Waals surface area contributed by atoms with Crippen LogP contribution in [0.1, 0.15) is 55.4 Å². The number of hydrogen-bond acceptors (Lipinski definition) is 13. The molecular weight excluding hydrogens is 544 g/mol. The van der Waals surface area contributed by atoms with Crippen molar-refractivity contribution in [2.45, 2.75) is 109 Å². The molecule has 13 nitrogen and oxygen atoms in total. The largest absolute Gasteiger partial charge is 0.459 e. The molecule has 0 amide bonds. The van der Waals surface area contributed by atoms with Gasteiger partial charge in [-0.05, 0) is 32.4 Å². The Kier molecular flexibility index (Phi) is 7.42. The number of aliphatic hydroxyl groups is 2. The molecule has 0 bridgehead atoms. The maximum absolute atomic E-state index is 13.1. The average Bonchev–Trinajstić information content (AvgIpc) is 3.42. The summed E-state index contributed by atoms with van der Waals surface area (Å²) in [6, 6.07) is 0. The molecule has 11 atom stereocenters. The van der Waals surface area contributed by atoms with Crippen LogP contribution < -0.4 is 0 Å². The molecule has 4 aliphatic rings. The van der Waals surface area contributed by atoms with Crippen molar-refractivity contribution in [1.82, 2.24) is 0 Å². The van der Waals surface area contributed by atoms with E-state index in [-0.39, 0.29) is 5.57 Å². The average molecular weight is 581 g/mol. The van der Waals surface area contributed by atoms with Gasteiger partial charge in [0.25, 0.3) is 0 Å². The Morgan fingerprint density at radius 2 is 1.41 bits per heavy atom. The highest BCUT2D eigenvalue weighted by molar-refractivity contribution is 5.89. The first-order chi connectivity index (χ1) is 18.8. The highest BCUT2D eigenvalue weighted by Gasteiger charge is 2.88. The Morgan fingerprint density at radius 1 is 0.878 bits per heavy atom. The highest BCUT2D eigenvalue weighted by Crippen LogP contribution is 2.65. The Hall–Kier alpha value is -3.29. The van der Waals surface area contributed by atoms with Crippen molar-refractivity contribution < 1.29 is 62.6 Å². The number of aliphatic hydroxyl groups excluding tert-OH is 1. The number of rotatable bonds is 4. The predicted octanol–water partition coefficient (Wildman–Crippen LogP) is 0.430. The van der Waals surface area contributed by atoms with Crippen LogP contribution in [0.5, 0.6) is 0 Å². The number of hydrogen-bond donors (Lipinski definition) is 2. The molecule has 0 radical (unpaired) electrons. The number of carbonyl (C=O) groups is 5. The maximum atomic E-state index is 13.1. The van der Waals surface area contributed by atoms with E-state index in [1.807, 2.05) is 0 Å². The van der Waals surface area contributed by atoms with E-state index in [1.54, 1.807) is 6.92 Å². The summed E-state index contributed by atoms with van der Waals surface area (Å²) in [5.41, 5.74) is -6.82. The number of esters is 5. The second-order valence-corrected chi connectivity index (χ2v) is 11.7. The summed E-state index contributed by atoms with van der Waals surface area (Å²) in [7, 11) is 0. The molecule has 2 N–H and O–H groups in total. The van der Waals surface area contributed by atoms with Gasteiger partial charge in [0.05, 0.1) is 5.60 Å². The lowest BCUT2D eigenvalue weighted by atomic mass is 9.55. The van der Waals surface area contributed by atoms with Crippen molar-refractivity contribution in [3.8, 4) is 0 Å². The summed E-state index contributed by atoms with van der Waals surface area (Å²) < 4.78 is 34.7. The zero-order valence-electron chi connectivity index (χ0n) is 24.2. The van der Waals surface area contributed by atoms with Crippen LogP contribution >= 0.6 is 0 Å². The number of ether oxygens (including phenoxy) is 6. The second-order valence-electron chi connectivity index (χ2n) is 11.7. The summed E-state index contributed by atoms with van der Waals surface area (Å²) in [5.74, 6) is -5.32. The molecule has 0 aromatic heterocycles. The Bertz CT molecular complexity index is 1240. The lowest BCUT2D eigenvalue weighted by molar-refractivity contribution is -0.230. The molecule has 2 heterocycles. The van der Waals surface area contributed by atoms with Crippen LogP contribution in [0, 0.1) is 11.3 Å². The summed E-state index contributed by atoms with van der Waals surface area (Å²) in [6.45, 7) is 10.3. The first-order valence-corrected chi connectivity index (χ1v) is 13.2. The molecule has 0 aromatic carbocycles. The van der Waals surface area contributed by atoms with Gasteiger partial charge in [0, 0.05) is 39.0 Å². The van der Waals surface area contributed by atoms with Crippen molar-refractivity contribution >= 4 is 29.8 Å². The Balaban J connectivity index is 2.12. The fourth-order valence-corrected chi connectivity index (χ4v) is 6.84. The molecule has 2 saturated heterocycles. The van der Waals surface area contributed by atoms with Gasteiger partial charge in [-0.2, -0.15) is 0 Å². The van der Waals surface area contributed by atoms with Crippen molar-refractivity contribution in [2.75, 3.05) is 0 Å². The minimum absolute atomic E-state index is 0.246. The van der Waals surface area contributed by atoms with Crippen LogP contribution in [0.15, 0.2) is 23.8 Å². The molecule has 2 fully saturated rings. The molecule has 0 saturated carbocycles. The molecule has 41 heavy (non-hydrogen) atoms. The first kappa shape index (κ1) is 30.7. The van der Waals surface area contributed by atoms with Gasteiger partial charge in [0.1, 0.15) is 12.2 Å². The van der Waals surface area contributed by atoms with Crippen LogP contribution in [0.4, 0.5) is 0 Å². The van der Waals surface area contributed by atoms with Gasteiger partial charge in [-0.25, -0.2) is 4.79 Å². The molecule has 13 heteroatoms. The molecular formula is C28H36O13. The van der Waals surface area contributed by atoms with Crippen molar-refractivity contribution in [1.29, 1.82) is 0 Å². The maximum Gasteiger partial charge on any atom is 0.342 e. The highest BCUT2D eigenvalue weighted by atomic mass is 16.7. The van der Waals surface area contributed by atoms with Gasteiger partial charge < -0.3 is 38.6 Å². The van der Waals surface area contributed by atoms with Gasteiger partial charge in [0.2, 0.25) is 0 Å². The third kappa shape index (κ3) is 4.63. The third-order valence-corrected chi connectivity index (χ3v) is 8.64. The van der Waals surface area contributed by atoms with E-state index in [2.05, 4.69) is 0 Å². The van der Waals surface area contributed by atoms with E-state index < -0.39 is 94.6 Å². The van der Waals surface area contributed by atoms with Crippen molar-refractivity contribution in [2.24, 2.45) is 11.3 Å². The second kappa shape index (κ2) is 9.92. The Morgan fingerprint density at radius 3 is 1.93 bits per heavy atom. The lowest BCUT2D eigenvalue weighted by Crippen LogP contribution is -2.69. The quantitative estimate of drug-likeness (QED) is 0.202. The van der Waals surface area contributed by atoms with Crippen molar-refractivity contribution in [3.05, 3.63) is 23.8 Å². The van der Waals surface area contributed by atoms with E-state index in [0.29, 0.717) is 0 Å². The molecule has 4 rings (SSSR count). The Labute approximate surface area is 236 Å². The molecule has 226 valence electrons. The van der Waals surface area contributed by atoms with E-state index >= 15 is 0 Å². The van der Waals surface area contributed by atoms with Gasteiger partial charge in [-0.15, -0.1) is 0 Å². The standard InChI is InChI=1S/C28H36O13/c1-12-11-18-28(27(8,41-28)24(34)40-18)23(39-16(5)32)21-25(6,10-9-17(33)26(21,7)35)22(38-15(4)31)20(37-14(3)30)19(12)36-13(2)29/h9-11,17-23,33,35H,1-8H3/b12-11-/t17-,18+,19?,20-,21-,22+,23?,25+,26-,27+,28+/m1/s1. The van der Waals surface area contributed by atoms with Gasteiger partial charge in [-0.3, -0.25) is 19.2 Å². The summed E-state index contributed by atoms with van der Waals surface area (Å²) in [6.07, 6.45) is -4.44. The van der Waals surface area contributed by atoms with E-state index in [9.17, 15) is 34.2 Å². The fourth-order valence-electron chi connectivity index (χ4n) is 6.84. The predicted molar refractivity (Wildman–Crippen MR) is 135 cm³/mol. The van der Waals surface area contributed by atoms with Crippen molar-refractivity contribution in [3.63, 3.8) is 0 Å². The first-order valence-electron chi connectivity index (χ1n) is 13.2. The van der Waals surface area contributed by atoms with Crippen LogP contribution in [-0.2, 0) is 52.4 Å². The number of carbonyl (C=O) groups excluding carboxylic acids is 5. The van der Waals surface area contributed by atoms with Crippen LogP contribution in [0.2, 0.25) is 0 Å². The van der Waals surface area contributed by atoms with Gasteiger partial charge >= 0.3 is 29.8 Å². The minimum Gasteiger partial charge on any atom is -0.459 e. The third-order valence-electron chi connectivity index (χ3n) is 8.64. The number of epoxide rings is 1. The zero-order valence-corrected chi connectivity index (χ0v) is 24.2. The van der Waals surface area contributed by atoms with Crippen LogP contribution in [0.3, 0.4) is 0 Å². The zero-order chi connectivity index (χ0) is 30.9. The van der Waals surface area contributed by atoms with E-state index in [0.717, 1.165) is 27.7 Å². The SMILES string of the molecule is CC(=O)OC1/C(C)=C\[C@@H]2OC(=O)[C@]3(C)O[C@]23C(OC(C)=O)[C@H]2[C@](C)(O)[C@H](O)C=C[C@]2(C)[C@@H](OC(C)=O)[C@@H]1OC(C)=O. The smallest absolute Gasteiger partial charge is 0.342 e. The van der Waals surface area contributed by atoms with Gasteiger partial charge in [0.15, 0.2) is 35.6 Å². The van der Waals surface area contributed by atoms with Crippen LogP contribution in [0.25, 0.3) is 0 Å². The van der Waals surface area contributed by atoms with Crippen LogP contribution in [-0.4, -0.2) is 93.5 Å². The minimum atomic E-state index is -2.12.